The number of carbonyl (C=O) groups is 5. The van der Waals surface area contributed by atoms with E-state index in [0.717, 1.165) is 28.0 Å². The van der Waals surface area contributed by atoms with Crippen LogP contribution in [0.2, 0.25) is 5.02 Å². The number of aliphatic carboxylic acids is 1. The number of carboxylic acid groups (broad SMARTS) is 1. The number of fused-ring (bicyclic) bond motifs is 4. The summed E-state index contributed by atoms with van der Waals surface area (Å²) in [7, 11) is 0. The molecule has 2 aliphatic heterocycles. The first-order valence-corrected chi connectivity index (χ1v) is 16.7. The van der Waals surface area contributed by atoms with Crippen LogP contribution in [0.25, 0.3) is 0 Å². The minimum atomic E-state index is -5.09. The number of carboxylic acids is 1. The number of phenolic OH excluding ortho intramolecular Hbond substituents is 1. The van der Waals surface area contributed by atoms with Gasteiger partial charge in [0.15, 0.2) is 0 Å². The van der Waals surface area contributed by atoms with Crippen molar-refractivity contribution in [3.8, 4) is 11.5 Å². The van der Waals surface area contributed by atoms with Crippen molar-refractivity contribution in [2.24, 2.45) is 23.7 Å². The van der Waals surface area contributed by atoms with E-state index in [2.05, 4.69) is 4.74 Å². The van der Waals surface area contributed by atoms with Gasteiger partial charge in [-0.05, 0) is 67.1 Å². The maximum atomic E-state index is 15.2. The molecule has 2 aliphatic carbocycles. The van der Waals surface area contributed by atoms with Crippen molar-refractivity contribution < 1.29 is 52.1 Å². The molecule has 1 saturated carbocycles. The number of rotatable bonds is 8. The van der Waals surface area contributed by atoms with Gasteiger partial charge in [-0.25, -0.2) is 4.90 Å². The van der Waals surface area contributed by atoms with Gasteiger partial charge in [0.05, 0.1) is 28.9 Å². The number of imide groups is 2. The molecule has 2 heterocycles. The number of amides is 4. The number of carbonyl (C=O) groups excluding carboxylic acids is 4. The Morgan fingerprint density at radius 2 is 1.69 bits per heavy atom. The van der Waals surface area contributed by atoms with Gasteiger partial charge < -0.3 is 14.9 Å². The Kier molecular flexibility index (Phi) is 8.44. The summed E-state index contributed by atoms with van der Waals surface area (Å²) in [6.45, 7) is -0.128. The zero-order chi connectivity index (χ0) is 36.4. The summed E-state index contributed by atoms with van der Waals surface area (Å²) in [6, 6.07) is 17.3. The van der Waals surface area contributed by atoms with Crippen LogP contribution in [0.1, 0.15) is 42.7 Å². The maximum absolute atomic E-state index is 15.2. The molecule has 3 aromatic carbocycles. The highest BCUT2D eigenvalue weighted by molar-refractivity contribution is 6.32. The lowest BCUT2D eigenvalue weighted by Gasteiger charge is -2.50. The summed E-state index contributed by atoms with van der Waals surface area (Å²) in [5.41, 5.74) is -1.04. The second-order valence-electron chi connectivity index (χ2n) is 13.2. The quantitative estimate of drug-likeness (QED) is 0.214. The second kappa shape index (κ2) is 12.6. The number of hydrogen-bond acceptors (Lipinski definition) is 7. The molecule has 0 aromatic heterocycles. The fraction of sp³-hybridized carbons (Fsp3) is 0.324. The van der Waals surface area contributed by atoms with E-state index in [-0.39, 0.29) is 48.5 Å². The van der Waals surface area contributed by atoms with Gasteiger partial charge in [0.1, 0.15) is 11.5 Å². The van der Waals surface area contributed by atoms with Crippen LogP contribution in [0, 0.1) is 23.7 Å². The fourth-order valence-corrected chi connectivity index (χ4v) is 8.91. The van der Waals surface area contributed by atoms with Crippen LogP contribution in [0.4, 0.5) is 18.9 Å². The molecule has 264 valence electrons. The van der Waals surface area contributed by atoms with Gasteiger partial charge in [-0.2, -0.15) is 0 Å². The molecule has 3 aromatic rings. The number of anilines is 1. The van der Waals surface area contributed by atoms with Crippen molar-refractivity contribution in [3.05, 3.63) is 101 Å². The van der Waals surface area contributed by atoms with E-state index < -0.39 is 82.5 Å². The Hall–Kier alpha value is -5.17. The highest BCUT2D eigenvalue weighted by Crippen LogP contribution is 2.65. The van der Waals surface area contributed by atoms with Crippen LogP contribution in [0.3, 0.4) is 0 Å². The molecular weight excluding hydrogens is 693 g/mol. The fourth-order valence-electron chi connectivity index (χ4n) is 8.72. The van der Waals surface area contributed by atoms with Gasteiger partial charge in [0.2, 0.25) is 23.6 Å². The van der Waals surface area contributed by atoms with Gasteiger partial charge >= 0.3 is 12.3 Å². The van der Waals surface area contributed by atoms with Crippen molar-refractivity contribution in [1.29, 1.82) is 0 Å². The summed E-state index contributed by atoms with van der Waals surface area (Å²) in [5, 5.41) is 20.8. The summed E-state index contributed by atoms with van der Waals surface area (Å²) >= 11 is 6.29. The Morgan fingerprint density at radius 3 is 2.37 bits per heavy atom. The highest BCUT2D eigenvalue weighted by Gasteiger charge is 2.70. The van der Waals surface area contributed by atoms with Gasteiger partial charge in [0.25, 0.3) is 0 Å². The number of aromatic hydroxyl groups is 1. The van der Waals surface area contributed by atoms with Crippen molar-refractivity contribution in [2.75, 3.05) is 11.4 Å². The average Bonchev–Trinajstić information content (AvgIpc) is 3.46. The van der Waals surface area contributed by atoms with E-state index >= 15 is 4.79 Å². The predicted molar refractivity (Wildman–Crippen MR) is 174 cm³/mol. The van der Waals surface area contributed by atoms with Gasteiger partial charge in [0, 0.05) is 29.5 Å². The number of ether oxygens (including phenoxy) is 1. The van der Waals surface area contributed by atoms with Crippen LogP contribution < -0.4 is 9.64 Å². The van der Waals surface area contributed by atoms with Crippen molar-refractivity contribution in [3.63, 3.8) is 0 Å². The molecule has 7 rings (SSSR count). The molecule has 14 heteroatoms. The van der Waals surface area contributed by atoms with Crippen LogP contribution in [0.15, 0.2) is 84.4 Å². The summed E-state index contributed by atoms with van der Waals surface area (Å²) < 4.78 is 44.7. The smallest absolute Gasteiger partial charge is 0.508 e. The van der Waals surface area contributed by atoms with Crippen LogP contribution in [-0.4, -0.2) is 57.6 Å². The zero-order valence-electron chi connectivity index (χ0n) is 26.7. The monoisotopic (exact) mass is 722 g/mol. The largest absolute Gasteiger partial charge is 0.573 e. The third-order valence-corrected chi connectivity index (χ3v) is 10.8. The number of likely N-dealkylation sites (tertiary alicyclic amines) is 1. The Bertz CT molecular complexity index is 2000. The molecule has 0 bridgehead atoms. The van der Waals surface area contributed by atoms with Crippen LogP contribution in [0.5, 0.6) is 11.5 Å². The molecule has 0 radical (unpaired) electrons. The number of halogens is 4. The molecule has 4 aliphatic rings. The predicted octanol–water partition coefficient (Wildman–Crippen LogP) is 5.97. The van der Waals surface area contributed by atoms with Crippen molar-refractivity contribution in [2.45, 2.75) is 43.4 Å². The molecule has 0 spiro atoms. The zero-order valence-corrected chi connectivity index (χ0v) is 27.4. The Morgan fingerprint density at radius 1 is 0.941 bits per heavy atom. The summed E-state index contributed by atoms with van der Waals surface area (Å²) in [4.78, 5) is 70.8. The first-order chi connectivity index (χ1) is 24.2. The minimum absolute atomic E-state index is 0.0288. The van der Waals surface area contributed by atoms with E-state index in [0.29, 0.717) is 11.1 Å². The van der Waals surface area contributed by atoms with E-state index in [1.807, 2.05) is 0 Å². The molecular formula is C37H30ClF3N2O8. The van der Waals surface area contributed by atoms with Gasteiger partial charge in [-0.15, -0.1) is 13.2 Å². The number of alkyl halides is 3. The lowest BCUT2D eigenvalue weighted by Crippen LogP contribution is -2.53. The number of benzene rings is 3. The van der Waals surface area contributed by atoms with Crippen molar-refractivity contribution in [1.82, 2.24) is 4.90 Å². The molecule has 51 heavy (non-hydrogen) atoms. The van der Waals surface area contributed by atoms with E-state index in [1.165, 1.54) is 12.1 Å². The summed E-state index contributed by atoms with van der Waals surface area (Å²) in [5.74, 6) is -9.84. The molecule has 4 amide bonds. The van der Waals surface area contributed by atoms with Crippen LogP contribution >= 0.6 is 11.6 Å². The second-order valence-corrected chi connectivity index (χ2v) is 13.6. The first kappa shape index (κ1) is 34.3. The molecule has 2 N–H and O–H groups in total. The number of hydrogen-bond donors (Lipinski definition) is 2. The third-order valence-electron chi connectivity index (χ3n) is 10.6. The Balaban J connectivity index is 1.45. The van der Waals surface area contributed by atoms with Gasteiger partial charge in [-0.3, -0.25) is 28.9 Å². The topological polar surface area (TPSA) is 142 Å². The molecule has 2 saturated heterocycles. The molecule has 6 atom stereocenters. The van der Waals surface area contributed by atoms with Gasteiger partial charge in [-0.1, -0.05) is 59.6 Å². The SMILES string of the molecule is O=C(O)CCCN1C(=O)C2CC=C3C(CC4C(=O)N(c5cccc(Cl)c5)C(=O)C4(c4ccccc4)C3c3cc(OC(F)(F)F)ccc3O)C2C1=O. The summed E-state index contributed by atoms with van der Waals surface area (Å²) in [6.07, 6.45) is -3.69. The molecule has 3 fully saturated rings. The number of nitrogens with zero attached hydrogens (tertiary/aromatic N) is 2. The number of allylic oxidation sites excluding steroid dienone is 2. The average molecular weight is 723 g/mol. The third kappa shape index (κ3) is 5.54. The lowest BCUT2D eigenvalue weighted by molar-refractivity contribution is -0.274. The van der Waals surface area contributed by atoms with Crippen molar-refractivity contribution >= 4 is 46.9 Å². The number of phenols is 1. The van der Waals surface area contributed by atoms with E-state index in [4.69, 9.17) is 16.7 Å². The first-order valence-electron chi connectivity index (χ1n) is 16.3. The molecule has 6 unspecified atom stereocenters. The normalized spacial score (nSPS) is 27.2. The van der Waals surface area contributed by atoms with E-state index in [9.17, 15) is 37.5 Å². The molecule has 10 nitrogen and oxygen atoms in total. The lowest BCUT2D eigenvalue weighted by atomic mass is 9.49. The van der Waals surface area contributed by atoms with E-state index in [1.54, 1.807) is 48.5 Å². The highest BCUT2D eigenvalue weighted by atomic mass is 35.5. The minimum Gasteiger partial charge on any atom is -0.508 e. The standard InChI is InChI=1S/C37H30ClF3N2O8/c38-20-8-4-9-21(16-20)43-33(48)27-18-25-23(12-13-24-30(25)34(49)42(32(24)47)15-5-10-29(45)46)31(36(27,35(43)50)19-6-2-1-3-7-19)26-17-22(11-14-28(26)44)51-37(39,40)41/h1-4,6-9,11-12,14,16-17,24-25,27,30-31,44H,5,10,13,15,18H2,(H,45,46). The maximum Gasteiger partial charge on any atom is 0.573 e. The Labute approximate surface area is 294 Å². The van der Waals surface area contributed by atoms with Crippen LogP contribution in [-0.2, 0) is 29.4 Å².